The summed E-state index contributed by atoms with van der Waals surface area (Å²) in [6.07, 6.45) is 10.4. The van der Waals surface area contributed by atoms with Crippen molar-refractivity contribution in [1.29, 1.82) is 0 Å². The zero-order valence-electron chi connectivity index (χ0n) is 18.2. The molecule has 162 valence electrons. The Balaban J connectivity index is 2.55. The van der Waals surface area contributed by atoms with E-state index in [0.29, 0.717) is 12.9 Å². The second-order valence-corrected chi connectivity index (χ2v) is 7.45. The van der Waals surface area contributed by atoms with Gasteiger partial charge in [0, 0.05) is 0 Å². The van der Waals surface area contributed by atoms with Gasteiger partial charge in [0.25, 0.3) is 0 Å². The second kappa shape index (κ2) is 13.9. The smallest absolute Gasteiger partial charge is 0.328 e. The highest BCUT2D eigenvalue weighted by Gasteiger charge is 2.46. The summed E-state index contributed by atoms with van der Waals surface area (Å²) in [5.41, 5.74) is -1.08. The third-order valence-electron chi connectivity index (χ3n) is 5.47. The van der Waals surface area contributed by atoms with Gasteiger partial charge >= 0.3 is 11.9 Å². The molecule has 0 heterocycles. The second-order valence-electron chi connectivity index (χ2n) is 7.45. The Labute approximate surface area is 175 Å². The van der Waals surface area contributed by atoms with E-state index in [1.165, 1.54) is 32.1 Å². The van der Waals surface area contributed by atoms with Crippen LogP contribution in [-0.4, -0.2) is 24.8 Å². The topological polar surface area (TPSA) is 69.7 Å². The fourth-order valence-electron chi connectivity index (χ4n) is 3.32. The van der Waals surface area contributed by atoms with Crippen LogP contribution in [0.25, 0.3) is 0 Å². The quantitative estimate of drug-likeness (QED) is 0.120. The van der Waals surface area contributed by atoms with Crippen LogP contribution in [0.1, 0.15) is 95.3 Å². The number of rotatable bonds is 15. The SMILES string of the molecule is CCCCCCCCCCOC(=O)C(CC)(CC)C(=O)Oc1ccccc1C=O. The molecule has 5 heteroatoms. The van der Waals surface area contributed by atoms with E-state index in [4.69, 9.17) is 9.47 Å². The molecule has 1 aromatic rings. The van der Waals surface area contributed by atoms with Gasteiger partial charge in [-0.25, -0.2) is 0 Å². The van der Waals surface area contributed by atoms with Crippen molar-refractivity contribution in [3.05, 3.63) is 29.8 Å². The van der Waals surface area contributed by atoms with Crippen molar-refractivity contribution >= 4 is 18.2 Å². The third kappa shape index (κ3) is 7.64. The maximum Gasteiger partial charge on any atom is 0.328 e. The van der Waals surface area contributed by atoms with Crippen molar-refractivity contribution in [3.8, 4) is 5.75 Å². The van der Waals surface area contributed by atoms with Crippen LogP contribution in [0.5, 0.6) is 5.75 Å². The molecule has 0 aromatic heterocycles. The van der Waals surface area contributed by atoms with Crippen LogP contribution >= 0.6 is 0 Å². The van der Waals surface area contributed by atoms with E-state index in [1.807, 2.05) is 0 Å². The molecule has 1 rings (SSSR count). The molecule has 0 unspecified atom stereocenters. The molecule has 0 bridgehead atoms. The number of hydrogen-bond donors (Lipinski definition) is 0. The fraction of sp³-hybridized carbons (Fsp3) is 0.625. The van der Waals surface area contributed by atoms with Crippen LogP contribution < -0.4 is 4.74 Å². The molecule has 0 aliphatic carbocycles. The number of carbonyl (C=O) groups is 3. The molecule has 0 aliphatic rings. The van der Waals surface area contributed by atoms with Crippen LogP contribution in [0.3, 0.4) is 0 Å². The minimum absolute atomic E-state index is 0.162. The molecular formula is C24H36O5. The molecule has 0 amide bonds. The fourth-order valence-corrected chi connectivity index (χ4v) is 3.32. The van der Waals surface area contributed by atoms with Gasteiger partial charge in [0.1, 0.15) is 5.75 Å². The lowest BCUT2D eigenvalue weighted by molar-refractivity contribution is -0.168. The third-order valence-corrected chi connectivity index (χ3v) is 5.47. The summed E-state index contributed by atoms with van der Waals surface area (Å²) in [6, 6.07) is 6.47. The zero-order valence-corrected chi connectivity index (χ0v) is 18.2. The standard InChI is InChI=1S/C24H36O5/c1-4-7-8-9-10-11-12-15-18-28-22(26)24(5-2,6-3)23(27)29-21-17-14-13-16-20(21)19-25/h13-14,16-17,19H,4-12,15,18H2,1-3H3. The Morgan fingerprint density at radius 2 is 1.45 bits per heavy atom. The number of esters is 2. The average Bonchev–Trinajstić information content (AvgIpc) is 2.74. The summed E-state index contributed by atoms with van der Waals surface area (Å²) < 4.78 is 10.9. The lowest BCUT2D eigenvalue weighted by atomic mass is 9.82. The van der Waals surface area contributed by atoms with Crippen molar-refractivity contribution < 1.29 is 23.9 Å². The minimum atomic E-state index is -1.35. The van der Waals surface area contributed by atoms with Crippen molar-refractivity contribution in [3.63, 3.8) is 0 Å². The number of hydrogen-bond acceptors (Lipinski definition) is 5. The molecule has 0 saturated heterocycles. The first kappa shape index (κ1) is 24.9. The molecule has 0 atom stereocenters. The van der Waals surface area contributed by atoms with Crippen molar-refractivity contribution in [2.75, 3.05) is 6.61 Å². The van der Waals surface area contributed by atoms with Gasteiger partial charge < -0.3 is 9.47 Å². The minimum Gasteiger partial charge on any atom is -0.465 e. The number of ether oxygens (including phenoxy) is 2. The lowest BCUT2D eigenvalue weighted by Crippen LogP contribution is -2.42. The van der Waals surface area contributed by atoms with Gasteiger partial charge in [-0.05, 0) is 31.4 Å². The zero-order chi connectivity index (χ0) is 21.5. The Kier molecular flexibility index (Phi) is 11.9. The first-order valence-electron chi connectivity index (χ1n) is 11.0. The molecule has 0 spiro atoms. The monoisotopic (exact) mass is 404 g/mol. The lowest BCUT2D eigenvalue weighted by Gasteiger charge is -2.27. The van der Waals surface area contributed by atoms with E-state index in [0.717, 1.165) is 19.3 Å². The summed E-state index contributed by atoms with van der Waals surface area (Å²) in [5.74, 6) is -1.05. The molecule has 1 aromatic carbocycles. The number of para-hydroxylation sites is 1. The van der Waals surface area contributed by atoms with Gasteiger partial charge in [-0.1, -0.05) is 77.8 Å². The van der Waals surface area contributed by atoms with Crippen LogP contribution in [0.4, 0.5) is 0 Å². The maximum atomic E-state index is 12.8. The van der Waals surface area contributed by atoms with Crippen LogP contribution in [0.15, 0.2) is 24.3 Å². The molecule has 0 aliphatic heterocycles. The normalized spacial score (nSPS) is 11.1. The van der Waals surface area contributed by atoms with E-state index in [1.54, 1.807) is 38.1 Å². The Morgan fingerprint density at radius 1 is 0.862 bits per heavy atom. The Hall–Kier alpha value is -2.17. The van der Waals surface area contributed by atoms with Crippen molar-refractivity contribution in [2.45, 2.75) is 85.0 Å². The number of carbonyl (C=O) groups excluding carboxylic acids is 3. The summed E-state index contributed by atoms with van der Waals surface area (Å²) in [5, 5.41) is 0. The Morgan fingerprint density at radius 3 is 2.03 bits per heavy atom. The molecule has 29 heavy (non-hydrogen) atoms. The van der Waals surface area contributed by atoms with Crippen LogP contribution in [0.2, 0.25) is 0 Å². The highest BCUT2D eigenvalue weighted by atomic mass is 16.6. The molecule has 0 saturated carbocycles. The van der Waals surface area contributed by atoms with Crippen LogP contribution in [0, 0.1) is 5.41 Å². The predicted molar refractivity (Wildman–Crippen MR) is 114 cm³/mol. The summed E-state index contributed by atoms with van der Waals surface area (Å²) in [6.45, 7) is 6.06. The number of aldehydes is 1. The van der Waals surface area contributed by atoms with Crippen molar-refractivity contribution in [2.24, 2.45) is 5.41 Å². The van der Waals surface area contributed by atoms with E-state index < -0.39 is 17.4 Å². The van der Waals surface area contributed by atoms with Gasteiger partial charge in [0.15, 0.2) is 11.7 Å². The van der Waals surface area contributed by atoms with E-state index in [9.17, 15) is 14.4 Å². The molecule has 0 radical (unpaired) electrons. The Bertz CT molecular complexity index is 634. The van der Waals surface area contributed by atoms with Gasteiger partial charge in [0.05, 0.1) is 12.2 Å². The van der Waals surface area contributed by atoms with Gasteiger partial charge in [0.2, 0.25) is 0 Å². The summed E-state index contributed by atoms with van der Waals surface area (Å²) >= 11 is 0. The average molecular weight is 405 g/mol. The maximum absolute atomic E-state index is 12.8. The highest BCUT2D eigenvalue weighted by Crippen LogP contribution is 2.31. The predicted octanol–water partition coefficient (Wildman–Crippen LogP) is 5.89. The summed E-state index contributed by atoms with van der Waals surface area (Å²) in [7, 11) is 0. The first-order valence-corrected chi connectivity index (χ1v) is 11.0. The summed E-state index contributed by atoms with van der Waals surface area (Å²) in [4.78, 5) is 36.7. The number of benzene rings is 1. The highest BCUT2D eigenvalue weighted by molar-refractivity contribution is 6.01. The largest absolute Gasteiger partial charge is 0.465 e. The van der Waals surface area contributed by atoms with Gasteiger partial charge in [-0.3, -0.25) is 14.4 Å². The molecule has 0 fully saturated rings. The molecule has 5 nitrogen and oxygen atoms in total. The van der Waals surface area contributed by atoms with Gasteiger partial charge in [-0.15, -0.1) is 0 Å². The van der Waals surface area contributed by atoms with Crippen molar-refractivity contribution in [1.82, 2.24) is 0 Å². The van der Waals surface area contributed by atoms with Gasteiger partial charge in [-0.2, -0.15) is 0 Å². The number of unbranched alkanes of at least 4 members (excludes halogenated alkanes) is 7. The molecule has 0 N–H and O–H groups in total. The van der Waals surface area contributed by atoms with Crippen LogP contribution in [-0.2, 0) is 14.3 Å². The van der Waals surface area contributed by atoms with E-state index in [-0.39, 0.29) is 24.2 Å². The van der Waals surface area contributed by atoms with E-state index in [2.05, 4.69) is 6.92 Å². The first-order chi connectivity index (χ1) is 14.1. The molecular weight excluding hydrogens is 368 g/mol. The van der Waals surface area contributed by atoms with E-state index >= 15 is 0 Å².